The molecule has 0 atom stereocenters. The van der Waals surface area contributed by atoms with Crippen LogP contribution in [0, 0.1) is 0 Å². The Balaban J connectivity index is 1.95. The van der Waals surface area contributed by atoms with Gasteiger partial charge in [0.15, 0.2) is 0 Å². The maximum atomic E-state index is 12.3. The molecule has 23 heavy (non-hydrogen) atoms. The van der Waals surface area contributed by atoms with Crippen LogP contribution in [0.5, 0.6) is 5.75 Å². The zero-order valence-electron chi connectivity index (χ0n) is 13.3. The Hall–Kier alpha value is -2.60. The van der Waals surface area contributed by atoms with Crippen molar-refractivity contribution >= 4 is 17.4 Å². The Bertz CT molecular complexity index is 629. The molecule has 0 unspecified atom stereocenters. The highest BCUT2D eigenvalue weighted by Crippen LogP contribution is 2.17. The lowest BCUT2D eigenvalue weighted by Crippen LogP contribution is -2.12. The number of carbonyl (C=O) groups is 1. The standard InChI is InChI=1S/C17H21N3O3/c1-3-18-16-12-13(8-9-19-16)17(21)20-14-4-6-15(7-5-14)23-11-10-22-2/h4-9,12H,3,10-11H2,1-2H3,(H,18,19)(H,20,21). The molecule has 0 aliphatic rings. The summed E-state index contributed by atoms with van der Waals surface area (Å²) in [6.45, 7) is 3.76. The van der Waals surface area contributed by atoms with Crippen molar-refractivity contribution in [2.45, 2.75) is 6.92 Å². The van der Waals surface area contributed by atoms with E-state index in [4.69, 9.17) is 9.47 Å². The normalized spacial score (nSPS) is 10.2. The first-order chi connectivity index (χ1) is 11.2. The summed E-state index contributed by atoms with van der Waals surface area (Å²) in [5, 5.41) is 5.93. The quantitative estimate of drug-likeness (QED) is 0.733. The van der Waals surface area contributed by atoms with Crippen LogP contribution >= 0.6 is 0 Å². The van der Waals surface area contributed by atoms with Gasteiger partial charge in [0.1, 0.15) is 18.2 Å². The minimum absolute atomic E-state index is 0.181. The van der Waals surface area contributed by atoms with Crippen molar-refractivity contribution in [2.24, 2.45) is 0 Å². The lowest BCUT2D eigenvalue weighted by Gasteiger charge is -2.09. The molecular formula is C17H21N3O3. The molecule has 1 aromatic heterocycles. The van der Waals surface area contributed by atoms with Crippen LogP contribution in [0.25, 0.3) is 0 Å². The van der Waals surface area contributed by atoms with Gasteiger partial charge in [-0.2, -0.15) is 0 Å². The maximum Gasteiger partial charge on any atom is 0.255 e. The van der Waals surface area contributed by atoms with E-state index in [2.05, 4.69) is 15.6 Å². The molecule has 0 aliphatic heterocycles. The van der Waals surface area contributed by atoms with Crippen LogP contribution in [0.4, 0.5) is 11.5 Å². The number of pyridine rings is 1. The molecule has 0 aliphatic carbocycles. The number of hydrogen-bond donors (Lipinski definition) is 2. The van der Waals surface area contributed by atoms with E-state index in [0.717, 1.165) is 12.3 Å². The van der Waals surface area contributed by atoms with Gasteiger partial charge in [0, 0.05) is 31.1 Å². The molecule has 0 fully saturated rings. The number of methoxy groups -OCH3 is 1. The highest BCUT2D eigenvalue weighted by Gasteiger charge is 2.07. The number of carbonyl (C=O) groups excluding carboxylic acids is 1. The number of amides is 1. The minimum atomic E-state index is -0.181. The number of hydrogen-bond acceptors (Lipinski definition) is 5. The molecule has 2 N–H and O–H groups in total. The van der Waals surface area contributed by atoms with Crippen LogP contribution in [0.1, 0.15) is 17.3 Å². The van der Waals surface area contributed by atoms with Crippen LogP contribution in [-0.4, -0.2) is 37.8 Å². The molecule has 0 bridgehead atoms. The van der Waals surface area contributed by atoms with Gasteiger partial charge in [-0.05, 0) is 43.3 Å². The van der Waals surface area contributed by atoms with Gasteiger partial charge < -0.3 is 20.1 Å². The van der Waals surface area contributed by atoms with Gasteiger partial charge in [-0.1, -0.05) is 0 Å². The van der Waals surface area contributed by atoms with Crippen LogP contribution in [0.3, 0.4) is 0 Å². The van der Waals surface area contributed by atoms with Crippen molar-refractivity contribution in [1.29, 1.82) is 0 Å². The lowest BCUT2D eigenvalue weighted by atomic mass is 10.2. The molecule has 0 spiro atoms. The highest BCUT2D eigenvalue weighted by molar-refractivity contribution is 6.04. The summed E-state index contributed by atoms with van der Waals surface area (Å²) in [6, 6.07) is 10.6. The Morgan fingerprint density at radius 1 is 1.17 bits per heavy atom. The third kappa shape index (κ3) is 5.27. The Labute approximate surface area is 135 Å². The van der Waals surface area contributed by atoms with E-state index in [0.29, 0.717) is 30.3 Å². The topological polar surface area (TPSA) is 72.5 Å². The highest BCUT2D eigenvalue weighted by atomic mass is 16.5. The molecule has 2 rings (SSSR count). The number of ether oxygens (including phenoxy) is 2. The van der Waals surface area contributed by atoms with Gasteiger partial charge in [-0.25, -0.2) is 4.98 Å². The SMILES string of the molecule is CCNc1cc(C(=O)Nc2ccc(OCCOC)cc2)ccn1. The summed E-state index contributed by atoms with van der Waals surface area (Å²) in [5.74, 6) is 1.24. The van der Waals surface area contributed by atoms with E-state index in [1.54, 1.807) is 37.6 Å². The van der Waals surface area contributed by atoms with E-state index in [9.17, 15) is 4.79 Å². The van der Waals surface area contributed by atoms with E-state index in [-0.39, 0.29) is 5.91 Å². The molecule has 0 radical (unpaired) electrons. The second-order valence-corrected chi connectivity index (χ2v) is 4.78. The number of anilines is 2. The maximum absolute atomic E-state index is 12.3. The summed E-state index contributed by atoms with van der Waals surface area (Å²) in [5.41, 5.74) is 1.26. The molecule has 1 heterocycles. The Morgan fingerprint density at radius 3 is 2.65 bits per heavy atom. The molecule has 0 saturated heterocycles. The van der Waals surface area contributed by atoms with E-state index in [1.165, 1.54) is 0 Å². The predicted octanol–water partition coefficient (Wildman–Crippen LogP) is 2.79. The van der Waals surface area contributed by atoms with Crippen LogP contribution in [-0.2, 0) is 4.74 Å². The van der Waals surface area contributed by atoms with Gasteiger partial charge >= 0.3 is 0 Å². The molecule has 2 aromatic rings. The average Bonchev–Trinajstić information content (AvgIpc) is 2.57. The zero-order chi connectivity index (χ0) is 16.5. The molecule has 1 amide bonds. The fourth-order valence-electron chi connectivity index (χ4n) is 1.93. The fourth-order valence-corrected chi connectivity index (χ4v) is 1.93. The summed E-state index contributed by atoms with van der Waals surface area (Å²) in [7, 11) is 1.63. The number of rotatable bonds is 8. The van der Waals surface area contributed by atoms with E-state index >= 15 is 0 Å². The first kappa shape index (κ1) is 16.8. The monoisotopic (exact) mass is 315 g/mol. The van der Waals surface area contributed by atoms with Gasteiger partial charge in [0.2, 0.25) is 0 Å². The van der Waals surface area contributed by atoms with Crippen molar-refractivity contribution in [2.75, 3.05) is 37.5 Å². The predicted molar refractivity (Wildman–Crippen MR) is 90.2 cm³/mol. The number of aromatic nitrogens is 1. The second kappa shape index (κ2) is 8.75. The van der Waals surface area contributed by atoms with Gasteiger partial charge in [-0.3, -0.25) is 4.79 Å². The summed E-state index contributed by atoms with van der Waals surface area (Å²) in [6.07, 6.45) is 1.61. The Morgan fingerprint density at radius 2 is 1.96 bits per heavy atom. The molecule has 6 heteroatoms. The Kier molecular flexibility index (Phi) is 6.38. The van der Waals surface area contributed by atoms with Gasteiger partial charge in [0.05, 0.1) is 6.61 Å². The molecule has 6 nitrogen and oxygen atoms in total. The smallest absolute Gasteiger partial charge is 0.255 e. The second-order valence-electron chi connectivity index (χ2n) is 4.78. The number of nitrogens with one attached hydrogen (secondary N) is 2. The van der Waals surface area contributed by atoms with Crippen LogP contribution < -0.4 is 15.4 Å². The van der Waals surface area contributed by atoms with Crippen molar-refractivity contribution in [3.05, 3.63) is 48.2 Å². The van der Waals surface area contributed by atoms with Crippen molar-refractivity contribution < 1.29 is 14.3 Å². The molecular weight excluding hydrogens is 294 g/mol. The minimum Gasteiger partial charge on any atom is -0.491 e. The van der Waals surface area contributed by atoms with Crippen molar-refractivity contribution in [1.82, 2.24) is 4.98 Å². The first-order valence-corrected chi connectivity index (χ1v) is 7.46. The molecule has 122 valence electrons. The van der Waals surface area contributed by atoms with Gasteiger partial charge in [-0.15, -0.1) is 0 Å². The fraction of sp³-hybridized carbons (Fsp3) is 0.294. The number of nitrogens with zero attached hydrogens (tertiary/aromatic N) is 1. The lowest BCUT2D eigenvalue weighted by molar-refractivity contribution is 0.102. The molecule has 1 aromatic carbocycles. The molecule has 0 saturated carbocycles. The van der Waals surface area contributed by atoms with Crippen LogP contribution in [0.15, 0.2) is 42.6 Å². The average molecular weight is 315 g/mol. The largest absolute Gasteiger partial charge is 0.491 e. The summed E-state index contributed by atoms with van der Waals surface area (Å²) in [4.78, 5) is 16.4. The van der Waals surface area contributed by atoms with Crippen LogP contribution in [0.2, 0.25) is 0 Å². The third-order valence-electron chi connectivity index (χ3n) is 3.05. The third-order valence-corrected chi connectivity index (χ3v) is 3.05. The first-order valence-electron chi connectivity index (χ1n) is 7.46. The summed E-state index contributed by atoms with van der Waals surface area (Å²) >= 11 is 0. The van der Waals surface area contributed by atoms with Crippen molar-refractivity contribution in [3.63, 3.8) is 0 Å². The van der Waals surface area contributed by atoms with E-state index < -0.39 is 0 Å². The van der Waals surface area contributed by atoms with E-state index in [1.807, 2.05) is 19.1 Å². The zero-order valence-corrected chi connectivity index (χ0v) is 13.3. The summed E-state index contributed by atoms with van der Waals surface area (Å²) < 4.78 is 10.4. The van der Waals surface area contributed by atoms with Gasteiger partial charge in [0.25, 0.3) is 5.91 Å². The number of benzene rings is 1. The van der Waals surface area contributed by atoms with Crippen molar-refractivity contribution in [3.8, 4) is 5.75 Å².